The molecule has 0 atom stereocenters. The lowest BCUT2D eigenvalue weighted by Crippen LogP contribution is -2.26. The van der Waals surface area contributed by atoms with Gasteiger partial charge in [0, 0.05) is 24.5 Å². The average molecular weight is 275 g/mol. The number of carbonyl (C=O) groups excluding carboxylic acids is 1. The van der Waals surface area contributed by atoms with Gasteiger partial charge in [-0.05, 0) is 31.2 Å². The Kier molecular flexibility index (Phi) is 4.29. The molecule has 2 aromatic rings. The third-order valence-corrected chi connectivity index (χ3v) is 3.73. The third kappa shape index (κ3) is 3.19. The number of rotatable bonds is 4. The van der Waals surface area contributed by atoms with Crippen LogP contribution in [0.1, 0.15) is 21.1 Å². The van der Waals surface area contributed by atoms with Crippen LogP contribution in [0, 0.1) is 6.92 Å². The van der Waals surface area contributed by atoms with Crippen LogP contribution in [0.2, 0.25) is 0 Å². The van der Waals surface area contributed by atoms with Crippen molar-refractivity contribution in [1.82, 2.24) is 4.98 Å². The highest BCUT2D eigenvalue weighted by Crippen LogP contribution is 2.18. The van der Waals surface area contributed by atoms with Crippen molar-refractivity contribution in [2.24, 2.45) is 5.73 Å². The van der Waals surface area contributed by atoms with Crippen LogP contribution < -0.4 is 10.6 Å². The molecule has 2 rings (SSSR count). The minimum atomic E-state index is -0.0925. The first kappa shape index (κ1) is 13.7. The van der Waals surface area contributed by atoms with Crippen LogP contribution in [0.4, 0.5) is 5.69 Å². The van der Waals surface area contributed by atoms with Crippen molar-refractivity contribution in [3.8, 4) is 0 Å². The predicted molar refractivity (Wildman–Crippen MR) is 78.8 cm³/mol. The summed E-state index contributed by atoms with van der Waals surface area (Å²) in [6, 6.07) is 7.84. The summed E-state index contributed by atoms with van der Waals surface area (Å²) in [5, 5.41) is 2.70. The number of nitrogens with zero attached hydrogens (tertiary/aromatic N) is 2. The first-order valence-corrected chi connectivity index (χ1v) is 6.99. The fourth-order valence-electron chi connectivity index (χ4n) is 1.77. The van der Waals surface area contributed by atoms with Crippen molar-refractivity contribution in [3.05, 3.63) is 45.9 Å². The summed E-state index contributed by atoms with van der Waals surface area (Å²) >= 11 is 1.48. The molecule has 2 N–H and O–H groups in total. The van der Waals surface area contributed by atoms with E-state index in [9.17, 15) is 4.79 Å². The van der Waals surface area contributed by atoms with Gasteiger partial charge < -0.3 is 10.6 Å². The van der Waals surface area contributed by atoms with Crippen molar-refractivity contribution in [2.45, 2.75) is 13.3 Å². The fourth-order valence-corrected chi connectivity index (χ4v) is 2.56. The van der Waals surface area contributed by atoms with E-state index in [0.717, 1.165) is 16.3 Å². The minimum absolute atomic E-state index is 0.0925. The SMILES string of the molecule is Cc1cccc(N(C)C(=O)c2csc(CCN)n2)c1. The lowest BCUT2D eigenvalue weighted by atomic mass is 10.2. The zero-order valence-corrected chi connectivity index (χ0v) is 11.9. The van der Waals surface area contributed by atoms with Gasteiger partial charge in [-0.2, -0.15) is 0 Å². The predicted octanol–water partition coefficient (Wildman–Crippen LogP) is 2.23. The zero-order valence-electron chi connectivity index (χ0n) is 11.1. The summed E-state index contributed by atoms with van der Waals surface area (Å²) in [6.07, 6.45) is 0.714. The molecule has 0 aliphatic rings. The highest BCUT2D eigenvalue weighted by atomic mass is 32.1. The maximum absolute atomic E-state index is 12.3. The van der Waals surface area contributed by atoms with Crippen molar-refractivity contribution >= 4 is 22.9 Å². The number of anilines is 1. The van der Waals surface area contributed by atoms with Crippen molar-refractivity contribution in [3.63, 3.8) is 0 Å². The Morgan fingerprint density at radius 2 is 2.26 bits per heavy atom. The summed E-state index contributed by atoms with van der Waals surface area (Å²) in [4.78, 5) is 18.2. The first-order chi connectivity index (χ1) is 9.11. The maximum atomic E-state index is 12.3. The van der Waals surface area contributed by atoms with Crippen LogP contribution in [0.5, 0.6) is 0 Å². The Labute approximate surface area is 116 Å². The molecular weight excluding hydrogens is 258 g/mol. The number of hydrogen-bond acceptors (Lipinski definition) is 4. The molecule has 5 heteroatoms. The van der Waals surface area contributed by atoms with E-state index >= 15 is 0 Å². The molecule has 100 valence electrons. The molecule has 1 aromatic carbocycles. The van der Waals surface area contributed by atoms with Gasteiger partial charge in [-0.15, -0.1) is 11.3 Å². The summed E-state index contributed by atoms with van der Waals surface area (Å²) in [5.41, 5.74) is 7.97. The van der Waals surface area contributed by atoms with Crippen LogP contribution in [-0.2, 0) is 6.42 Å². The Balaban J connectivity index is 2.18. The number of aromatic nitrogens is 1. The highest BCUT2D eigenvalue weighted by molar-refractivity contribution is 7.09. The molecule has 1 heterocycles. The molecule has 0 aliphatic heterocycles. The monoisotopic (exact) mass is 275 g/mol. The van der Waals surface area contributed by atoms with Gasteiger partial charge in [0.05, 0.1) is 5.01 Å². The Morgan fingerprint density at radius 1 is 1.47 bits per heavy atom. The van der Waals surface area contributed by atoms with Gasteiger partial charge in [-0.1, -0.05) is 12.1 Å². The second-order valence-electron chi connectivity index (χ2n) is 4.37. The van der Waals surface area contributed by atoms with Crippen LogP contribution in [-0.4, -0.2) is 24.5 Å². The van der Waals surface area contributed by atoms with E-state index in [-0.39, 0.29) is 5.91 Å². The van der Waals surface area contributed by atoms with E-state index < -0.39 is 0 Å². The van der Waals surface area contributed by atoms with Gasteiger partial charge in [0.15, 0.2) is 0 Å². The Morgan fingerprint density at radius 3 is 2.95 bits per heavy atom. The molecule has 4 nitrogen and oxygen atoms in total. The number of aryl methyl sites for hydroxylation is 1. The number of carbonyl (C=O) groups is 1. The van der Waals surface area contributed by atoms with Gasteiger partial charge in [-0.25, -0.2) is 4.98 Å². The lowest BCUT2D eigenvalue weighted by Gasteiger charge is -2.16. The molecule has 0 spiro atoms. The summed E-state index contributed by atoms with van der Waals surface area (Å²) in [5.74, 6) is -0.0925. The highest BCUT2D eigenvalue weighted by Gasteiger charge is 2.16. The summed E-state index contributed by atoms with van der Waals surface area (Å²) in [7, 11) is 1.76. The molecular formula is C14H17N3OS. The second kappa shape index (κ2) is 5.95. The first-order valence-electron chi connectivity index (χ1n) is 6.11. The molecule has 1 amide bonds. The van der Waals surface area contributed by atoms with Gasteiger partial charge in [0.2, 0.25) is 0 Å². The summed E-state index contributed by atoms with van der Waals surface area (Å²) in [6.45, 7) is 2.55. The van der Waals surface area contributed by atoms with Gasteiger partial charge in [0.1, 0.15) is 5.69 Å². The van der Waals surface area contributed by atoms with Gasteiger partial charge in [0.25, 0.3) is 5.91 Å². The van der Waals surface area contributed by atoms with E-state index in [1.807, 2.05) is 31.2 Å². The molecule has 0 bridgehead atoms. The molecule has 0 saturated carbocycles. The number of thiazole rings is 1. The van der Waals surface area contributed by atoms with Crippen LogP contribution >= 0.6 is 11.3 Å². The largest absolute Gasteiger partial charge is 0.330 e. The minimum Gasteiger partial charge on any atom is -0.330 e. The standard InChI is InChI=1S/C14H17N3OS/c1-10-4-3-5-11(8-10)17(2)14(18)12-9-19-13(16-12)6-7-15/h3-5,8-9H,6-7,15H2,1-2H3. The van der Waals surface area contributed by atoms with Crippen molar-refractivity contribution < 1.29 is 4.79 Å². The second-order valence-corrected chi connectivity index (χ2v) is 5.31. The zero-order chi connectivity index (χ0) is 13.8. The smallest absolute Gasteiger partial charge is 0.277 e. The van der Waals surface area contributed by atoms with Crippen molar-refractivity contribution in [2.75, 3.05) is 18.5 Å². The summed E-state index contributed by atoms with van der Waals surface area (Å²) < 4.78 is 0. The van der Waals surface area contributed by atoms with Crippen LogP contribution in [0.3, 0.4) is 0 Å². The van der Waals surface area contributed by atoms with E-state index in [0.29, 0.717) is 18.7 Å². The molecule has 0 radical (unpaired) electrons. The van der Waals surface area contributed by atoms with E-state index in [1.54, 1.807) is 17.3 Å². The Bertz CT molecular complexity index is 580. The topological polar surface area (TPSA) is 59.2 Å². The number of amides is 1. The Hall–Kier alpha value is -1.72. The fraction of sp³-hybridized carbons (Fsp3) is 0.286. The van der Waals surface area contributed by atoms with E-state index in [1.165, 1.54) is 11.3 Å². The molecule has 0 saturated heterocycles. The van der Waals surface area contributed by atoms with Gasteiger partial charge in [-0.3, -0.25) is 4.79 Å². The normalized spacial score (nSPS) is 10.5. The number of nitrogens with two attached hydrogens (primary N) is 1. The van der Waals surface area contributed by atoms with Crippen LogP contribution in [0.25, 0.3) is 0 Å². The van der Waals surface area contributed by atoms with E-state index in [2.05, 4.69) is 4.98 Å². The van der Waals surface area contributed by atoms with E-state index in [4.69, 9.17) is 5.73 Å². The number of benzene rings is 1. The average Bonchev–Trinajstić information content (AvgIpc) is 2.86. The molecule has 19 heavy (non-hydrogen) atoms. The molecule has 0 unspecified atom stereocenters. The number of hydrogen-bond donors (Lipinski definition) is 1. The lowest BCUT2D eigenvalue weighted by molar-refractivity contribution is 0.0989. The third-order valence-electron chi connectivity index (χ3n) is 2.82. The molecule has 0 fully saturated rings. The maximum Gasteiger partial charge on any atom is 0.277 e. The quantitative estimate of drug-likeness (QED) is 0.931. The van der Waals surface area contributed by atoms with Crippen LogP contribution in [0.15, 0.2) is 29.6 Å². The van der Waals surface area contributed by atoms with Gasteiger partial charge >= 0.3 is 0 Å². The molecule has 1 aromatic heterocycles. The molecule has 0 aliphatic carbocycles. The van der Waals surface area contributed by atoms with Crippen molar-refractivity contribution in [1.29, 1.82) is 0 Å².